The summed E-state index contributed by atoms with van der Waals surface area (Å²) in [6, 6.07) is 21.5. The number of hydrogen-bond donors (Lipinski definition) is 2. The van der Waals surface area contributed by atoms with Gasteiger partial charge in [-0.2, -0.15) is 0 Å². The van der Waals surface area contributed by atoms with Gasteiger partial charge in [-0.05, 0) is 48.4 Å². The predicted octanol–water partition coefficient (Wildman–Crippen LogP) is 5.07. The normalized spacial score (nSPS) is 10.4. The predicted molar refractivity (Wildman–Crippen MR) is 121 cm³/mol. The van der Waals surface area contributed by atoms with Crippen LogP contribution in [0.1, 0.15) is 32.0 Å². The number of nitrogens with one attached hydrogen (secondary N) is 2. The monoisotopic (exact) mass is 427 g/mol. The smallest absolute Gasteiger partial charge is 0.291 e. The summed E-state index contributed by atoms with van der Waals surface area (Å²) in [7, 11) is 0. The number of anilines is 2. The first-order valence-electron chi connectivity index (χ1n) is 9.98. The van der Waals surface area contributed by atoms with E-state index >= 15 is 0 Å². The fraction of sp³-hybridized carbons (Fsp3) is 0.0800. The van der Waals surface area contributed by atoms with Gasteiger partial charge >= 0.3 is 0 Å². The highest BCUT2D eigenvalue weighted by Gasteiger charge is 2.13. The van der Waals surface area contributed by atoms with Gasteiger partial charge in [0.05, 0.1) is 18.1 Å². The van der Waals surface area contributed by atoms with Gasteiger partial charge < -0.3 is 19.8 Å². The molecule has 160 valence electrons. The number of benzene rings is 2. The molecule has 2 aromatic heterocycles. The summed E-state index contributed by atoms with van der Waals surface area (Å²) < 4.78 is 10.8. The zero-order chi connectivity index (χ0) is 22.3. The van der Waals surface area contributed by atoms with E-state index in [9.17, 15) is 9.59 Å². The number of furan rings is 1. The second kappa shape index (κ2) is 9.61. The number of aryl methyl sites for hydroxylation is 1. The lowest BCUT2D eigenvalue weighted by molar-refractivity contribution is 0.0993. The van der Waals surface area contributed by atoms with Crippen molar-refractivity contribution in [3.63, 3.8) is 0 Å². The zero-order valence-corrected chi connectivity index (χ0v) is 17.4. The molecule has 0 saturated heterocycles. The average Bonchev–Trinajstić information content (AvgIpc) is 3.36. The zero-order valence-electron chi connectivity index (χ0n) is 17.4. The fourth-order valence-electron chi connectivity index (χ4n) is 2.96. The minimum Gasteiger partial charge on any atom is -0.473 e. The molecule has 2 heterocycles. The highest BCUT2D eigenvalue weighted by Crippen LogP contribution is 2.20. The van der Waals surface area contributed by atoms with E-state index in [0.717, 1.165) is 11.1 Å². The number of pyridine rings is 1. The summed E-state index contributed by atoms with van der Waals surface area (Å²) in [5.74, 6) is -0.0470. The Morgan fingerprint density at radius 3 is 2.50 bits per heavy atom. The largest absolute Gasteiger partial charge is 0.473 e. The molecule has 2 aromatic carbocycles. The van der Waals surface area contributed by atoms with Crippen molar-refractivity contribution in [3.05, 3.63) is 108 Å². The maximum atomic E-state index is 12.7. The number of ether oxygens (including phenoxy) is 1. The summed E-state index contributed by atoms with van der Waals surface area (Å²) in [5.41, 5.74) is 3.32. The summed E-state index contributed by atoms with van der Waals surface area (Å²) >= 11 is 0. The first kappa shape index (κ1) is 20.9. The molecule has 0 radical (unpaired) electrons. The van der Waals surface area contributed by atoms with Crippen molar-refractivity contribution in [3.8, 4) is 5.88 Å². The van der Waals surface area contributed by atoms with E-state index in [4.69, 9.17) is 9.15 Å². The van der Waals surface area contributed by atoms with Gasteiger partial charge in [-0.15, -0.1) is 0 Å². The Bertz CT molecular complexity index is 1200. The summed E-state index contributed by atoms with van der Waals surface area (Å²) in [5, 5.41) is 5.56. The molecule has 4 aromatic rings. The Morgan fingerprint density at radius 1 is 0.938 bits per heavy atom. The van der Waals surface area contributed by atoms with Crippen LogP contribution in [0.4, 0.5) is 11.4 Å². The van der Waals surface area contributed by atoms with Gasteiger partial charge in [0.15, 0.2) is 5.76 Å². The van der Waals surface area contributed by atoms with E-state index in [-0.39, 0.29) is 17.6 Å². The average molecular weight is 427 g/mol. The van der Waals surface area contributed by atoms with E-state index in [0.29, 0.717) is 29.4 Å². The number of rotatable bonds is 7. The standard InChI is InChI=1S/C25H21N3O4/c1-17-9-10-19(14-21(17)28-25(30)22-8-5-13-31-22)24(29)27-20-11-12-23(26-15-20)32-16-18-6-3-2-4-7-18/h2-15H,16H2,1H3,(H,27,29)(H,28,30). The van der Waals surface area contributed by atoms with Crippen LogP contribution in [0.3, 0.4) is 0 Å². The third-order valence-electron chi connectivity index (χ3n) is 4.72. The van der Waals surface area contributed by atoms with Crippen LogP contribution in [0, 0.1) is 6.92 Å². The highest BCUT2D eigenvalue weighted by atomic mass is 16.5. The van der Waals surface area contributed by atoms with Crippen LogP contribution >= 0.6 is 0 Å². The minimum atomic E-state index is -0.383. The van der Waals surface area contributed by atoms with Crippen molar-refractivity contribution in [1.29, 1.82) is 0 Å². The van der Waals surface area contributed by atoms with Crippen LogP contribution in [0.15, 0.2) is 89.7 Å². The Kier molecular flexibility index (Phi) is 6.27. The Hall–Kier alpha value is -4.39. The fourth-order valence-corrected chi connectivity index (χ4v) is 2.96. The minimum absolute atomic E-state index is 0.194. The Morgan fingerprint density at radius 2 is 1.78 bits per heavy atom. The molecule has 0 aliphatic rings. The molecule has 0 spiro atoms. The van der Waals surface area contributed by atoms with Crippen molar-refractivity contribution in [2.24, 2.45) is 0 Å². The second-order valence-corrected chi connectivity index (χ2v) is 7.07. The summed E-state index contributed by atoms with van der Waals surface area (Å²) in [6.45, 7) is 2.26. The van der Waals surface area contributed by atoms with Gasteiger partial charge in [0.2, 0.25) is 5.88 Å². The van der Waals surface area contributed by atoms with E-state index in [1.807, 2.05) is 37.3 Å². The molecule has 0 atom stereocenters. The molecule has 32 heavy (non-hydrogen) atoms. The van der Waals surface area contributed by atoms with Crippen LogP contribution in [0.25, 0.3) is 0 Å². The molecule has 0 fully saturated rings. The molecule has 0 aliphatic carbocycles. The Labute approximate surface area is 185 Å². The number of carbonyl (C=O) groups is 2. The van der Waals surface area contributed by atoms with E-state index < -0.39 is 0 Å². The maximum Gasteiger partial charge on any atom is 0.291 e. The second-order valence-electron chi connectivity index (χ2n) is 7.07. The molecule has 7 heteroatoms. The molecule has 0 aliphatic heterocycles. The van der Waals surface area contributed by atoms with Crippen LogP contribution in [0.2, 0.25) is 0 Å². The van der Waals surface area contributed by atoms with E-state index in [1.165, 1.54) is 12.5 Å². The van der Waals surface area contributed by atoms with Crippen LogP contribution < -0.4 is 15.4 Å². The van der Waals surface area contributed by atoms with Crippen LogP contribution in [-0.2, 0) is 6.61 Å². The number of carbonyl (C=O) groups excluding carboxylic acids is 2. The molecular formula is C25H21N3O4. The molecule has 0 saturated carbocycles. The van der Waals surface area contributed by atoms with Crippen LogP contribution in [-0.4, -0.2) is 16.8 Å². The van der Waals surface area contributed by atoms with Crippen molar-refractivity contribution in [2.45, 2.75) is 13.5 Å². The van der Waals surface area contributed by atoms with Gasteiger partial charge in [0, 0.05) is 17.3 Å². The number of aromatic nitrogens is 1. The number of hydrogen-bond acceptors (Lipinski definition) is 5. The molecule has 4 rings (SSSR count). The summed E-state index contributed by atoms with van der Waals surface area (Å²) in [4.78, 5) is 29.2. The molecule has 0 bridgehead atoms. The highest BCUT2D eigenvalue weighted by molar-refractivity contribution is 6.07. The number of nitrogens with zero attached hydrogens (tertiary/aromatic N) is 1. The molecule has 2 amide bonds. The van der Waals surface area contributed by atoms with Gasteiger partial charge in [0.1, 0.15) is 6.61 Å². The first-order valence-corrected chi connectivity index (χ1v) is 9.98. The van der Waals surface area contributed by atoms with Crippen molar-refractivity contribution in [2.75, 3.05) is 10.6 Å². The molecular weight excluding hydrogens is 406 g/mol. The lowest BCUT2D eigenvalue weighted by Gasteiger charge is -2.11. The molecule has 7 nitrogen and oxygen atoms in total. The topological polar surface area (TPSA) is 93.5 Å². The lowest BCUT2D eigenvalue weighted by Crippen LogP contribution is -2.15. The first-order chi connectivity index (χ1) is 15.6. The molecule has 2 N–H and O–H groups in total. The number of amides is 2. The molecule has 0 unspecified atom stereocenters. The van der Waals surface area contributed by atoms with Crippen molar-refractivity contribution >= 4 is 23.2 Å². The quantitative estimate of drug-likeness (QED) is 0.430. The van der Waals surface area contributed by atoms with E-state index in [1.54, 1.807) is 42.5 Å². The van der Waals surface area contributed by atoms with Crippen molar-refractivity contribution < 1.29 is 18.7 Å². The van der Waals surface area contributed by atoms with Gasteiger partial charge in [-0.1, -0.05) is 36.4 Å². The van der Waals surface area contributed by atoms with Gasteiger partial charge in [-0.3, -0.25) is 9.59 Å². The van der Waals surface area contributed by atoms with Gasteiger partial charge in [0.25, 0.3) is 11.8 Å². The SMILES string of the molecule is Cc1ccc(C(=O)Nc2ccc(OCc3ccccc3)nc2)cc1NC(=O)c1ccco1. The Balaban J connectivity index is 1.38. The lowest BCUT2D eigenvalue weighted by atomic mass is 10.1. The van der Waals surface area contributed by atoms with E-state index in [2.05, 4.69) is 15.6 Å². The van der Waals surface area contributed by atoms with Crippen LogP contribution in [0.5, 0.6) is 5.88 Å². The third-order valence-corrected chi connectivity index (χ3v) is 4.72. The van der Waals surface area contributed by atoms with Gasteiger partial charge in [-0.25, -0.2) is 4.98 Å². The maximum absolute atomic E-state index is 12.7. The van der Waals surface area contributed by atoms with Crippen molar-refractivity contribution in [1.82, 2.24) is 4.98 Å². The summed E-state index contributed by atoms with van der Waals surface area (Å²) in [6.07, 6.45) is 2.96. The third kappa shape index (κ3) is 5.20.